The first kappa shape index (κ1) is 14.9. The molecule has 1 fully saturated rings. The Hall–Kier alpha value is -1.06. The molecule has 1 unspecified atom stereocenters. The van der Waals surface area contributed by atoms with Crippen LogP contribution in [-0.2, 0) is 0 Å². The molecule has 1 saturated carbocycles. The fourth-order valence-corrected chi connectivity index (χ4v) is 3.52. The van der Waals surface area contributed by atoms with E-state index < -0.39 is 0 Å². The largest absolute Gasteiger partial charge is 0.457 e. The minimum Gasteiger partial charge on any atom is -0.457 e. The van der Waals surface area contributed by atoms with Crippen molar-refractivity contribution in [2.45, 2.75) is 44.6 Å². The van der Waals surface area contributed by atoms with Crippen molar-refractivity contribution >= 4 is 15.9 Å². The summed E-state index contributed by atoms with van der Waals surface area (Å²) in [5.41, 5.74) is 4.10. The first-order chi connectivity index (χ1) is 10.3. The lowest BCUT2D eigenvalue weighted by molar-refractivity contribution is 0.413. The minimum absolute atomic E-state index is 0.204. The molecule has 1 heterocycles. The maximum absolute atomic E-state index is 5.46. The fourth-order valence-electron chi connectivity index (χ4n) is 3.05. The summed E-state index contributed by atoms with van der Waals surface area (Å²) in [4.78, 5) is 0. The average Bonchev–Trinajstić information content (AvgIpc) is 2.85. The molecule has 0 bridgehead atoms. The number of nitrogens with one attached hydrogen (secondary N) is 1. The molecule has 2 aromatic rings. The molecular formula is C18H22BrNO. The Morgan fingerprint density at radius 2 is 2.05 bits per heavy atom. The normalized spacial score (nSPS) is 16.7. The van der Waals surface area contributed by atoms with Crippen molar-refractivity contribution in [2.24, 2.45) is 0 Å². The van der Waals surface area contributed by atoms with Crippen LogP contribution < -0.4 is 5.32 Å². The number of hydrogen-bond donors (Lipinski definition) is 1. The smallest absolute Gasteiger partial charge is 0.174 e. The third-order valence-corrected chi connectivity index (χ3v) is 5.05. The predicted octanol–water partition coefficient (Wildman–Crippen LogP) is 5.40. The van der Waals surface area contributed by atoms with Crippen molar-refractivity contribution < 1.29 is 4.42 Å². The van der Waals surface area contributed by atoms with Gasteiger partial charge in [0.1, 0.15) is 0 Å². The molecule has 112 valence electrons. The van der Waals surface area contributed by atoms with Crippen LogP contribution in [0.15, 0.2) is 45.7 Å². The first-order valence-corrected chi connectivity index (χ1v) is 8.65. The van der Waals surface area contributed by atoms with Crippen LogP contribution in [0, 0.1) is 0 Å². The van der Waals surface area contributed by atoms with E-state index >= 15 is 0 Å². The van der Waals surface area contributed by atoms with Crippen LogP contribution in [0.4, 0.5) is 0 Å². The van der Waals surface area contributed by atoms with Gasteiger partial charge in [-0.15, -0.1) is 0 Å². The van der Waals surface area contributed by atoms with Gasteiger partial charge in [0.2, 0.25) is 0 Å². The maximum Gasteiger partial charge on any atom is 0.174 e. The second kappa shape index (κ2) is 6.80. The van der Waals surface area contributed by atoms with Gasteiger partial charge in [-0.2, -0.15) is 0 Å². The highest BCUT2D eigenvalue weighted by Crippen LogP contribution is 2.41. The third-order valence-electron chi connectivity index (χ3n) is 4.41. The lowest BCUT2D eigenvalue weighted by Gasteiger charge is -2.30. The standard InChI is InChI=1S/C18H22BrNO/c1-2-11-20-17(16-10-12-21-18(16)19)15-9-4-3-8-14(15)13-6-5-7-13/h3-4,8-10,12-13,17,20H,2,5-7,11H2,1H3. The molecule has 1 aliphatic carbocycles. The van der Waals surface area contributed by atoms with Crippen molar-refractivity contribution in [2.75, 3.05) is 6.54 Å². The van der Waals surface area contributed by atoms with Crippen molar-refractivity contribution in [3.8, 4) is 0 Å². The van der Waals surface area contributed by atoms with Gasteiger partial charge in [-0.25, -0.2) is 0 Å². The molecule has 21 heavy (non-hydrogen) atoms. The van der Waals surface area contributed by atoms with E-state index in [1.807, 2.05) is 0 Å². The van der Waals surface area contributed by atoms with Crippen molar-refractivity contribution in [3.63, 3.8) is 0 Å². The van der Waals surface area contributed by atoms with Gasteiger partial charge in [0, 0.05) is 5.56 Å². The summed E-state index contributed by atoms with van der Waals surface area (Å²) in [6.45, 7) is 3.20. The molecule has 3 heteroatoms. The summed E-state index contributed by atoms with van der Waals surface area (Å²) in [5.74, 6) is 0.734. The van der Waals surface area contributed by atoms with Crippen LogP contribution in [0.3, 0.4) is 0 Å². The highest BCUT2D eigenvalue weighted by atomic mass is 79.9. The average molecular weight is 348 g/mol. The van der Waals surface area contributed by atoms with Crippen molar-refractivity contribution in [1.29, 1.82) is 0 Å². The highest BCUT2D eigenvalue weighted by Gasteiger charge is 2.26. The van der Waals surface area contributed by atoms with E-state index in [1.54, 1.807) is 6.26 Å². The first-order valence-electron chi connectivity index (χ1n) is 7.86. The van der Waals surface area contributed by atoms with E-state index in [-0.39, 0.29) is 6.04 Å². The van der Waals surface area contributed by atoms with E-state index in [0.29, 0.717) is 0 Å². The topological polar surface area (TPSA) is 25.2 Å². The van der Waals surface area contributed by atoms with Gasteiger partial charge in [0.15, 0.2) is 4.67 Å². The molecule has 1 aromatic heterocycles. The van der Waals surface area contributed by atoms with Crippen molar-refractivity contribution in [1.82, 2.24) is 5.32 Å². The summed E-state index contributed by atoms with van der Waals surface area (Å²) in [7, 11) is 0. The lowest BCUT2D eigenvalue weighted by Crippen LogP contribution is -2.25. The molecule has 0 amide bonds. The highest BCUT2D eigenvalue weighted by molar-refractivity contribution is 9.10. The fraction of sp³-hybridized carbons (Fsp3) is 0.444. The molecule has 0 radical (unpaired) electrons. The summed E-state index contributed by atoms with van der Waals surface area (Å²) in [6, 6.07) is 11.1. The van der Waals surface area contributed by atoms with Crippen LogP contribution in [0.5, 0.6) is 0 Å². The molecular weight excluding hydrogens is 326 g/mol. The lowest BCUT2D eigenvalue weighted by atomic mass is 9.76. The Morgan fingerprint density at radius 3 is 2.67 bits per heavy atom. The summed E-state index contributed by atoms with van der Waals surface area (Å²) < 4.78 is 6.30. The second-order valence-electron chi connectivity index (χ2n) is 5.79. The maximum atomic E-state index is 5.46. The van der Waals surface area contributed by atoms with E-state index in [9.17, 15) is 0 Å². The number of benzene rings is 1. The van der Waals surface area contributed by atoms with Crippen LogP contribution in [-0.4, -0.2) is 6.54 Å². The van der Waals surface area contributed by atoms with Crippen LogP contribution >= 0.6 is 15.9 Å². The zero-order valence-electron chi connectivity index (χ0n) is 12.4. The Bertz CT molecular complexity index is 588. The summed E-state index contributed by atoms with van der Waals surface area (Å²) in [5, 5.41) is 3.68. The van der Waals surface area contributed by atoms with Crippen molar-refractivity contribution in [3.05, 3.63) is 58.0 Å². The number of furan rings is 1. The quantitative estimate of drug-likeness (QED) is 0.756. The summed E-state index contributed by atoms with van der Waals surface area (Å²) >= 11 is 3.54. The summed E-state index contributed by atoms with van der Waals surface area (Å²) in [6.07, 6.45) is 6.89. The monoisotopic (exact) mass is 347 g/mol. The molecule has 0 aliphatic heterocycles. The van der Waals surface area contributed by atoms with Crippen LogP contribution in [0.25, 0.3) is 0 Å². The molecule has 3 rings (SSSR count). The molecule has 1 atom stereocenters. The van der Waals surface area contributed by atoms with Crippen LogP contribution in [0.1, 0.15) is 61.3 Å². The zero-order chi connectivity index (χ0) is 14.7. The van der Waals surface area contributed by atoms with Gasteiger partial charge in [-0.1, -0.05) is 37.6 Å². The number of hydrogen-bond acceptors (Lipinski definition) is 2. The minimum atomic E-state index is 0.204. The molecule has 1 aromatic carbocycles. The van der Waals surface area contributed by atoms with Gasteiger partial charge in [-0.05, 0) is 64.8 Å². The Balaban J connectivity index is 1.98. The number of halogens is 1. The SMILES string of the molecule is CCCNC(c1ccccc1C1CCC1)c1ccoc1Br. The molecule has 0 spiro atoms. The van der Waals surface area contributed by atoms with E-state index in [0.717, 1.165) is 23.6 Å². The second-order valence-corrected chi connectivity index (χ2v) is 6.51. The predicted molar refractivity (Wildman–Crippen MR) is 89.6 cm³/mol. The molecule has 2 nitrogen and oxygen atoms in total. The molecule has 0 saturated heterocycles. The molecule has 1 aliphatic rings. The van der Waals surface area contributed by atoms with Gasteiger partial charge in [0.25, 0.3) is 0 Å². The third kappa shape index (κ3) is 3.09. The van der Waals surface area contributed by atoms with Gasteiger partial charge in [0.05, 0.1) is 12.3 Å². The van der Waals surface area contributed by atoms with E-state index in [1.165, 1.54) is 36.0 Å². The van der Waals surface area contributed by atoms with Gasteiger partial charge in [-0.3, -0.25) is 0 Å². The molecule has 1 N–H and O–H groups in total. The zero-order valence-corrected chi connectivity index (χ0v) is 14.0. The van der Waals surface area contributed by atoms with Gasteiger partial charge >= 0.3 is 0 Å². The van der Waals surface area contributed by atoms with E-state index in [4.69, 9.17) is 4.42 Å². The Morgan fingerprint density at radius 1 is 1.24 bits per heavy atom. The van der Waals surface area contributed by atoms with Gasteiger partial charge < -0.3 is 9.73 Å². The van der Waals surface area contributed by atoms with E-state index in [2.05, 4.69) is 58.5 Å². The number of rotatable bonds is 6. The van der Waals surface area contributed by atoms with Crippen LogP contribution in [0.2, 0.25) is 0 Å². The Kier molecular flexibility index (Phi) is 4.81. The Labute approximate surface area is 135 Å².